The van der Waals surface area contributed by atoms with E-state index < -0.39 is 0 Å². The molecule has 0 bridgehead atoms. The third-order valence-electron chi connectivity index (χ3n) is 2.79. The van der Waals surface area contributed by atoms with Crippen molar-refractivity contribution in [3.05, 3.63) is 58.9 Å². The lowest BCUT2D eigenvalue weighted by Gasteiger charge is -2.23. The summed E-state index contributed by atoms with van der Waals surface area (Å²) in [5.41, 5.74) is 7.73. The lowest BCUT2D eigenvalue weighted by atomic mass is 10.1. The fourth-order valence-electron chi connectivity index (χ4n) is 1.86. The number of benzene rings is 2. The molecule has 0 aromatic heterocycles. The fraction of sp³-hybridized carbons (Fsp3) is 0.0714. The molecule has 2 aromatic carbocycles. The highest BCUT2D eigenvalue weighted by molar-refractivity contribution is 7.80. The summed E-state index contributed by atoms with van der Waals surface area (Å²) >= 11 is 11.1. The zero-order valence-corrected chi connectivity index (χ0v) is 11.8. The number of nitrogens with zero attached hydrogens (tertiary/aromatic N) is 1. The van der Waals surface area contributed by atoms with Crippen molar-refractivity contribution in [2.24, 2.45) is 5.73 Å². The zero-order valence-electron chi connectivity index (χ0n) is 10.2. The summed E-state index contributed by atoms with van der Waals surface area (Å²) in [6.45, 7) is 0. The molecule has 0 atom stereocenters. The van der Waals surface area contributed by atoms with E-state index in [9.17, 15) is 4.39 Å². The van der Waals surface area contributed by atoms with Gasteiger partial charge in [-0.25, -0.2) is 4.39 Å². The van der Waals surface area contributed by atoms with Gasteiger partial charge in [-0.3, -0.25) is 0 Å². The highest BCUT2D eigenvalue weighted by Gasteiger charge is 2.14. The first kappa shape index (κ1) is 13.8. The summed E-state index contributed by atoms with van der Waals surface area (Å²) in [6.07, 6.45) is 0. The molecule has 2 aromatic rings. The minimum Gasteiger partial charge on any atom is -0.389 e. The monoisotopic (exact) mass is 294 g/mol. The molecule has 0 heterocycles. The molecule has 0 radical (unpaired) electrons. The van der Waals surface area contributed by atoms with Crippen LogP contribution in [0.5, 0.6) is 0 Å². The minimum atomic E-state index is -0.303. The maximum absolute atomic E-state index is 13.3. The minimum absolute atomic E-state index is 0.212. The molecular formula is C14H12ClFN2S. The highest BCUT2D eigenvalue weighted by Crippen LogP contribution is 2.31. The largest absolute Gasteiger partial charge is 0.389 e. The second-order valence-electron chi connectivity index (χ2n) is 4.04. The molecule has 0 aliphatic rings. The number of halogens is 2. The van der Waals surface area contributed by atoms with Crippen LogP contribution in [-0.4, -0.2) is 12.0 Å². The molecule has 5 heteroatoms. The van der Waals surface area contributed by atoms with Gasteiger partial charge in [0.05, 0.1) is 16.3 Å². The average molecular weight is 295 g/mol. The second-order valence-corrected chi connectivity index (χ2v) is 4.88. The van der Waals surface area contributed by atoms with Crippen LogP contribution in [0.15, 0.2) is 42.5 Å². The Morgan fingerprint density at radius 3 is 2.58 bits per heavy atom. The second kappa shape index (κ2) is 5.55. The summed E-state index contributed by atoms with van der Waals surface area (Å²) < 4.78 is 13.3. The van der Waals surface area contributed by atoms with Gasteiger partial charge in [-0.2, -0.15) is 0 Å². The summed E-state index contributed by atoms with van der Waals surface area (Å²) in [7, 11) is 1.81. The summed E-state index contributed by atoms with van der Waals surface area (Å²) in [5, 5.41) is 0.480. The van der Waals surface area contributed by atoms with Crippen molar-refractivity contribution in [2.45, 2.75) is 0 Å². The van der Waals surface area contributed by atoms with Crippen LogP contribution in [0.4, 0.5) is 15.8 Å². The van der Waals surface area contributed by atoms with Crippen LogP contribution in [-0.2, 0) is 0 Å². The molecule has 0 unspecified atom stereocenters. The molecule has 0 saturated heterocycles. The van der Waals surface area contributed by atoms with Crippen molar-refractivity contribution < 1.29 is 4.39 Å². The van der Waals surface area contributed by atoms with Crippen LogP contribution < -0.4 is 10.6 Å². The number of thiocarbonyl (C=S) groups is 1. The van der Waals surface area contributed by atoms with Gasteiger partial charge in [0.25, 0.3) is 0 Å². The van der Waals surface area contributed by atoms with Gasteiger partial charge in [0, 0.05) is 12.7 Å². The van der Waals surface area contributed by atoms with Gasteiger partial charge >= 0.3 is 0 Å². The first-order valence-electron chi connectivity index (χ1n) is 5.58. The molecule has 98 valence electrons. The van der Waals surface area contributed by atoms with E-state index in [1.54, 1.807) is 29.2 Å². The van der Waals surface area contributed by atoms with Gasteiger partial charge in [-0.05, 0) is 30.3 Å². The fourth-order valence-corrected chi connectivity index (χ4v) is 2.40. The molecule has 0 saturated carbocycles. The van der Waals surface area contributed by atoms with Crippen LogP contribution in [0.1, 0.15) is 5.56 Å². The first-order chi connectivity index (χ1) is 9.00. The van der Waals surface area contributed by atoms with Crippen LogP contribution in [0.3, 0.4) is 0 Å². The topological polar surface area (TPSA) is 29.3 Å². The first-order valence-corrected chi connectivity index (χ1v) is 6.37. The van der Waals surface area contributed by atoms with Crippen molar-refractivity contribution in [3.8, 4) is 0 Å². The van der Waals surface area contributed by atoms with Crippen molar-refractivity contribution >= 4 is 40.2 Å². The summed E-state index contributed by atoms with van der Waals surface area (Å²) in [4.78, 5) is 2.01. The van der Waals surface area contributed by atoms with Gasteiger partial charge in [-0.15, -0.1) is 0 Å². The van der Waals surface area contributed by atoms with Crippen LogP contribution in [0, 0.1) is 5.82 Å². The molecule has 2 nitrogen and oxygen atoms in total. The zero-order chi connectivity index (χ0) is 14.0. The molecule has 0 aliphatic heterocycles. The molecule has 19 heavy (non-hydrogen) atoms. The smallest absolute Gasteiger partial charge is 0.125 e. The Bertz CT molecular complexity index is 631. The number of nitrogens with two attached hydrogens (primary N) is 1. The Morgan fingerprint density at radius 2 is 1.95 bits per heavy atom. The Balaban J connectivity index is 2.53. The Kier molecular flexibility index (Phi) is 4.02. The van der Waals surface area contributed by atoms with Gasteiger partial charge in [0.15, 0.2) is 0 Å². The molecule has 2 N–H and O–H groups in total. The van der Waals surface area contributed by atoms with E-state index in [0.29, 0.717) is 16.3 Å². The number of hydrogen-bond donors (Lipinski definition) is 1. The van der Waals surface area contributed by atoms with E-state index in [1.165, 1.54) is 12.1 Å². The molecule has 2 rings (SSSR count). The van der Waals surface area contributed by atoms with Crippen molar-refractivity contribution in [2.75, 3.05) is 11.9 Å². The quantitative estimate of drug-likeness (QED) is 0.871. The lowest BCUT2D eigenvalue weighted by molar-refractivity contribution is 0.628. The average Bonchev–Trinajstić information content (AvgIpc) is 2.37. The van der Waals surface area contributed by atoms with Crippen LogP contribution >= 0.6 is 23.8 Å². The van der Waals surface area contributed by atoms with Crippen molar-refractivity contribution in [1.29, 1.82) is 0 Å². The van der Waals surface area contributed by atoms with E-state index in [2.05, 4.69) is 0 Å². The molecule has 0 amide bonds. The standard InChI is InChI=1S/C14H12ClFN2S/c1-18(10-5-2-4-9(16)8-10)12-7-3-6-11(15)13(12)14(17)19/h2-8H,1H3,(H2,17,19). The predicted octanol–water partition coefficient (Wildman–Crippen LogP) is 3.88. The van der Waals surface area contributed by atoms with E-state index in [-0.39, 0.29) is 10.8 Å². The summed E-state index contributed by atoms with van der Waals surface area (Å²) in [6, 6.07) is 11.6. The molecule has 0 fully saturated rings. The molecule has 0 spiro atoms. The van der Waals surface area contributed by atoms with E-state index in [1.807, 2.05) is 13.1 Å². The van der Waals surface area contributed by atoms with Crippen molar-refractivity contribution in [1.82, 2.24) is 0 Å². The predicted molar refractivity (Wildman–Crippen MR) is 81.8 cm³/mol. The SMILES string of the molecule is CN(c1cccc(F)c1)c1cccc(Cl)c1C(N)=S. The van der Waals surface area contributed by atoms with Crippen LogP contribution in [0.25, 0.3) is 0 Å². The normalized spacial score (nSPS) is 10.3. The third kappa shape index (κ3) is 2.85. The Labute approximate surface area is 121 Å². The molecule has 0 aliphatic carbocycles. The highest BCUT2D eigenvalue weighted by atomic mass is 35.5. The maximum atomic E-state index is 13.3. The Morgan fingerprint density at radius 1 is 1.26 bits per heavy atom. The molecular weight excluding hydrogens is 283 g/mol. The van der Waals surface area contributed by atoms with Crippen LogP contribution in [0.2, 0.25) is 5.02 Å². The van der Waals surface area contributed by atoms with Gasteiger partial charge in [0.1, 0.15) is 10.8 Å². The van der Waals surface area contributed by atoms with E-state index in [4.69, 9.17) is 29.6 Å². The van der Waals surface area contributed by atoms with Gasteiger partial charge < -0.3 is 10.6 Å². The third-order valence-corrected chi connectivity index (χ3v) is 3.31. The maximum Gasteiger partial charge on any atom is 0.125 e. The van der Waals surface area contributed by atoms with E-state index >= 15 is 0 Å². The summed E-state index contributed by atoms with van der Waals surface area (Å²) in [5.74, 6) is -0.303. The number of hydrogen-bond acceptors (Lipinski definition) is 2. The van der Waals surface area contributed by atoms with E-state index in [0.717, 1.165) is 5.69 Å². The van der Waals surface area contributed by atoms with Crippen molar-refractivity contribution in [3.63, 3.8) is 0 Å². The van der Waals surface area contributed by atoms with Gasteiger partial charge in [-0.1, -0.05) is 36.0 Å². The lowest BCUT2D eigenvalue weighted by Crippen LogP contribution is -2.18. The van der Waals surface area contributed by atoms with Gasteiger partial charge in [0.2, 0.25) is 0 Å². The number of rotatable bonds is 3. The number of anilines is 2. The Hall–Kier alpha value is -1.65.